The molecular weight excluding hydrogens is 588 g/mol. The Morgan fingerprint density at radius 3 is 1.79 bits per heavy atom. The highest BCUT2D eigenvalue weighted by molar-refractivity contribution is 6.00. The maximum atomic E-state index is 14.2. The zero-order chi connectivity index (χ0) is 37.2. The highest BCUT2D eigenvalue weighted by Gasteiger charge is 2.49. The molecule has 1 heterocycles. The first kappa shape index (κ1) is 43.2. The molecular formula is C40H74N2O5. The summed E-state index contributed by atoms with van der Waals surface area (Å²) in [5, 5.41) is 11.2. The summed E-state index contributed by atoms with van der Waals surface area (Å²) in [7, 11) is 4.23. The van der Waals surface area contributed by atoms with Gasteiger partial charge in [-0.15, -0.1) is 0 Å². The standard InChI is InChI=1S/C40H74N2O5/c1-20-36(9,10)41(18)37(11,12)21-22-46-32(44)40(17,33(45)47-29-25-38(13,14)42(19)39(15,16)26-29)24-28(2)23-30(35(6,7)8)31(43)27-34(3,4)5/h23,29,43H,20-22,24-27H2,1-19H3/b28-23+,31-30-. The summed E-state index contributed by atoms with van der Waals surface area (Å²) >= 11 is 0. The molecule has 7 nitrogen and oxygen atoms in total. The minimum Gasteiger partial charge on any atom is -0.512 e. The molecule has 0 aliphatic carbocycles. The molecule has 1 atom stereocenters. The van der Waals surface area contributed by atoms with Gasteiger partial charge in [-0.2, -0.15) is 0 Å². The second-order valence-corrected chi connectivity index (χ2v) is 19.4. The topological polar surface area (TPSA) is 79.3 Å². The van der Waals surface area contributed by atoms with Crippen LogP contribution in [0.25, 0.3) is 0 Å². The number of aliphatic hydroxyl groups excluding tert-OH is 1. The molecule has 0 aromatic rings. The zero-order valence-electron chi connectivity index (χ0n) is 34.1. The Morgan fingerprint density at radius 2 is 1.36 bits per heavy atom. The van der Waals surface area contributed by atoms with E-state index in [0.29, 0.717) is 31.4 Å². The molecule has 1 aliphatic heterocycles. The third-order valence-electron chi connectivity index (χ3n) is 10.9. The van der Waals surface area contributed by atoms with Gasteiger partial charge in [0.15, 0.2) is 5.41 Å². The van der Waals surface area contributed by atoms with Gasteiger partial charge in [-0.3, -0.25) is 19.4 Å². The number of hydrogen-bond acceptors (Lipinski definition) is 7. The van der Waals surface area contributed by atoms with Gasteiger partial charge in [0.2, 0.25) is 0 Å². The highest BCUT2D eigenvalue weighted by atomic mass is 16.6. The van der Waals surface area contributed by atoms with Crippen molar-refractivity contribution in [2.24, 2.45) is 16.2 Å². The van der Waals surface area contributed by atoms with Crippen LogP contribution >= 0.6 is 0 Å². The smallest absolute Gasteiger partial charge is 0.323 e. The van der Waals surface area contributed by atoms with Gasteiger partial charge in [-0.1, -0.05) is 60.1 Å². The third kappa shape index (κ3) is 11.6. The molecule has 0 spiro atoms. The van der Waals surface area contributed by atoms with Gasteiger partial charge in [-0.05, 0) is 119 Å². The van der Waals surface area contributed by atoms with Crippen LogP contribution in [-0.2, 0) is 19.1 Å². The molecule has 274 valence electrons. The number of carbonyl (C=O) groups excluding carboxylic acids is 2. The lowest BCUT2D eigenvalue weighted by molar-refractivity contribution is -0.180. The van der Waals surface area contributed by atoms with Crippen LogP contribution in [0.2, 0.25) is 0 Å². The molecule has 0 radical (unpaired) electrons. The molecule has 0 saturated carbocycles. The van der Waals surface area contributed by atoms with E-state index in [-0.39, 0.29) is 52.1 Å². The van der Waals surface area contributed by atoms with E-state index < -0.39 is 17.4 Å². The SMILES string of the molecule is CCC(C)(C)N(C)C(C)(C)CCOC(=O)C(C)(C/C(C)=C/C(=C(/O)CC(C)(C)C)C(C)(C)C)C(=O)OC1CC(C)(C)N(C)C(C)(C)C1. The highest BCUT2D eigenvalue weighted by Crippen LogP contribution is 2.41. The lowest BCUT2D eigenvalue weighted by atomic mass is 9.77. The second-order valence-electron chi connectivity index (χ2n) is 19.4. The number of nitrogens with zero attached hydrogens (tertiary/aromatic N) is 2. The number of likely N-dealkylation sites (tertiary alicyclic amines) is 1. The predicted molar refractivity (Wildman–Crippen MR) is 196 cm³/mol. The normalized spacial score (nSPS) is 20.5. The summed E-state index contributed by atoms with van der Waals surface area (Å²) in [5.41, 5.74) is -0.996. The predicted octanol–water partition coefficient (Wildman–Crippen LogP) is 9.65. The maximum Gasteiger partial charge on any atom is 0.323 e. The van der Waals surface area contributed by atoms with Crippen molar-refractivity contribution in [3.05, 3.63) is 23.0 Å². The fraction of sp³-hybridized carbons (Fsp3) is 0.850. The van der Waals surface area contributed by atoms with E-state index in [1.54, 1.807) is 6.92 Å². The molecule has 0 aromatic heterocycles. The van der Waals surface area contributed by atoms with Gasteiger partial charge < -0.3 is 14.6 Å². The summed E-state index contributed by atoms with van der Waals surface area (Å²) in [6.45, 7) is 35.8. The minimum absolute atomic E-state index is 0.0137. The molecule has 1 unspecified atom stereocenters. The van der Waals surface area contributed by atoms with Crippen molar-refractivity contribution >= 4 is 11.9 Å². The Hall–Kier alpha value is -1.86. The number of esters is 2. The van der Waals surface area contributed by atoms with E-state index in [4.69, 9.17) is 9.47 Å². The van der Waals surface area contributed by atoms with Gasteiger partial charge in [-0.25, -0.2) is 0 Å². The number of rotatable bonds is 13. The second kappa shape index (κ2) is 14.9. The molecule has 1 fully saturated rings. The van der Waals surface area contributed by atoms with E-state index >= 15 is 0 Å². The Bertz CT molecular complexity index is 1140. The summed E-state index contributed by atoms with van der Waals surface area (Å²) in [6, 6.07) is 0. The number of piperidine rings is 1. The van der Waals surface area contributed by atoms with E-state index in [9.17, 15) is 14.7 Å². The number of ether oxygens (including phenoxy) is 2. The van der Waals surface area contributed by atoms with Crippen molar-refractivity contribution in [3.63, 3.8) is 0 Å². The fourth-order valence-electron chi connectivity index (χ4n) is 6.83. The van der Waals surface area contributed by atoms with Crippen LogP contribution in [0.3, 0.4) is 0 Å². The van der Waals surface area contributed by atoms with Gasteiger partial charge in [0, 0.05) is 41.4 Å². The Balaban J connectivity index is 3.50. The van der Waals surface area contributed by atoms with Gasteiger partial charge >= 0.3 is 11.9 Å². The van der Waals surface area contributed by atoms with Crippen LogP contribution in [0.5, 0.6) is 0 Å². The molecule has 0 amide bonds. The van der Waals surface area contributed by atoms with Crippen molar-refractivity contribution in [1.29, 1.82) is 0 Å². The van der Waals surface area contributed by atoms with Crippen LogP contribution in [0.4, 0.5) is 0 Å². The molecule has 1 aliphatic rings. The average Bonchev–Trinajstić information content (AvgIpc) is 2.87. The average molecular weight is 663 g/mol. The largest absolute Gasteiger partial charge is 0.512 e. The Morgan fingerprint density at radius 1 is 0.872 bits per heavy atom. The number of hydrogen-bond donors (Lipinski definition) is 1. The molecule has 1 N–H and O–H groups in total. The lowest BCUT2D eigenvalue weighted by Crippen LogP contribution is -2.60. The van der Waals surface area contributed by atoms with Crippen LogP contribution in [0.15, 0.2) is 23.0 Å². The Kier molecular flexibility index (Phi) is 13.7. The van der Waals surface area contributed by atoms with Crippen LogP contribution < -0.4 is 0 Å². The molecule has 7 heteroatoms. The van der Waals surface area contributed by atoms with Crippen LogP contribution in [0.1, 0.15) is 156 Å². The van der Waals surface area contributed by atoms with Crippen molar-refractivity contribution in [2.45, 2.75) is 184 Å². The maximum absolute atomic E-state index is 14.2. The van der Waals surface area contributed by atoms with Gasteiger partial charge in [0.1, 0.15) is 6.10 Å². The van der Waals surface area contributed by atoms with E-state index in [1.165, 1.54) is 0 Å². The van der Waals surface area contributed by atoms with Gasteiger partial charge in [0.25, 0.3) is 0 Å². The molecule has 0 bridgehead atoms. The summed E-state index contributed by atoms with van der Waals surface area (Å²) in [6.07, 6.45) is 5.21. The third-order valence-corrected chi connectivity index (χ3v) is 10.9. The van der Waals surface area contributed by atoms with Gasteiger partial charge in [0.05, 0.1) is 12.4 Å². The van der Waals surface area contributed by atoms with Crippen molar-refractivity contribution < 1.29 is 24.2 Å². The van der Waals surface area contributed by atoms with E-state index in [2.05, 4.69) is 128 Å². The minimum atomic E-state index is -1.56. The molecule has 1 saturated heterocycles. The number of carbonyl (C=O) groups is 2. The first-order valence-electron chi connectivity index (χ1n) is 17.8. The zero-order valence-corrected chi connectivity index (χ0v) is 34.1. The quantitative estimate of drug-likeness (QED) is 0.0910. The van der Waals surface area contributed by atoms with Crippen molar-refractivity contribution in [3.8, 4) is 0 Å². The number of aliphatic hydroxyl groups is 1. The first-order valence-corrected chi connectivity index (χ1v) is 17.8. The Labute approximate surface area is 289 Å². The lowest BCUT2D eigenvalue weighted by Gasteiger charge is -2.53. The summed E-state index contributed by atoms with van der Waals surface area (Å²) in [5.74, 6) is -0.802. The fourth-order valence-corrected chi connectivity index (χ4v) is 6.83. The summed E-state index contributed by atoms with van der Waals surface area (Å²) < 4.78 is 12.2. The molecule has 0 aromatic carbocycles. The molecule has 1 rings (SSSR count). The number of allylic oxidation sites excluding steroid dienone is 4. The monoisotopic (exact) mass is 663 g/mol. The molecule has 47 heavy (non-hydrogen) atoms. The van der Waals surface area contributed by atoms with Crippen LogP contribution in [0, 0.1) is 16.2 Å². The van der Waals surface area contributed by atoms with Crippen molar-refractivity contribution in [2.75, 3.05) is 20.7 Å². The summed E-state index contributed by atoms with van der Waals surface area (Å²) in [4.78, 5) is 33.0. The van der Waals surface area contributed by atoms with E-state index in [0.717, 1.165) is 17.6 Å². The van der Waals surface area contributed by atoms with Crippen molar-refractivity contribution in [1.82, 2.24) is 9.80 Å². The van der Waals surface area contributed by atoms with Crippen LogP contribution in [-0.4, -0.2) is 75.8 Å². The van der Waals surface area contributed by atoms with E-state index in [1.807, 2.05) is 13.0 Å². The first-order chi connectivity index (χ1) is 20.8.